The quantitative estimate of drug-likeness (QED) is 0.815. The first kappa shape index (κ1) is 15.7. The number of nitrogens with one attached hydrogen (secondary N) is 1. The van der Waals surface area contributed by atoms with Crippen LogP contribution in [0.25, 0.3) is 16.3 Å². The summed E-state index contributed by atoms with van der Waals surface area (Å²) in [5.41, 5.74) is 3.93. The van der Waals surface area contributed by atoms with E-state index in [0.717, 1.165) is 28.7 Å². The minimum atomic E-state index is 0. The number of nitrogens with zero attached hydrogens (tertiary/aromatic N) is 2. The van der Waals surface area contributed by atoms with Crippen molar-refractivity contribution in [3.63, 3.8) is 0 Å². The number of aromatic nitrogens is 2. The Morgan fingerprint density at radius 2 is 1.96 bits per heavy atom. The molecule has 0 bridgehead atoms. The summed E-state index contributed by atoms with van der Waals surface area (Å²) in [6, 6.07) is 4.18. The molecule has 1 atom stereocenters. The third-order valence-corrected chi connectivity index (χ3v) is 4.72. The highest BCUT2D eigenvalue weighted by Gasteiger charge is 2.24. The van der Waals surface area contributed by atoms with E-state index in [1.165, 1.54) is 24.0 Å². The van der Waals surface area contributed by atoms with Crippen LogP contribution in [0, 0.1) is 5.41 Å². The minimum Gasteiger partial charge on any atom is -0.373 e. The Morgan fingerprint density at radius 1 is 1.22 bits per heavy atom. The lowest BCUT2D eigenvalue weighted by Gasteiger charge is -2.30. The molecule has 0 saturated carbocycles. The van der Waals surface area contributed by atoms with Gasteiger partial charge in [0.2, 0.25) is 0 Å². The van der Waals surface area contributed by atoms with E-state index in [4.69, 9.17) is 0 Å². The molecular weight excluding hydrogens is 282 g/mol. The van der Waals surface area contributed by atoms with Gasteiger partial charge in [0.25, 0.3) is 0 Å². The molecule has 3 rings (SSSR count). The smallest absolute Gasteiger partial charge is 0.126 e. The number of fused-ring (bicyclic) bond motifs is 1. The lowest BCUT2D eigenvalue weighted by molar-refractivity contribution is 0.387. The molecular formula is C20H27N3. The first-order chi connectivity index (χ1) is 11.0. The molecule has 1 unspecified atom stereocenters. The van der Waals surface area contributed by atoms with Gasteiger partial charge in [0, 0.05) is 31.6 Å². The summed E-state index contributed by atoms with van der Waals surface area (Å²) < 4.78 is 0. The first-order valence-electron chi connectivity index (χ1n) is 8.38. The molecule has 0 amide bonds. The van der Waals surface area contributed by atoms with Gasteiger partial charge in [0.05, 0.1) is 5.69 Å². The van der Waals surface area contributed by atoms with Gasteiger partial charge in [0.15, 0.2) is 0 Å². The van der Waals surface area contributed by atoms with Crippen molar-refractivity contribution in [1.29, 1.82) is 0 Å². The first-order valence-corrected chi connectivity index (χ1v) is 8.38. The van der Waals surface area contributed by atoms with Crippen molar-refractivity contribution < 1.29 is 1.43 Å². The summed E-state index contributed by atoms with van der Waals surface area (Å²) >= 11 is 0. The lowest BCUT2D eigenvalue weighted by atomic mass is 9.75. The van der Waals surface area contributed by atoms with E-state index in [1.807, 2.05) is 25.5 Å². The van der Waals surface area contributed by atoms with Crippen molar-refractivity contribution in [1.82, 2.24) is 9.97 Å². The third kappa shape index (κ3) is 3.14. The predicted octanol–water partition coefficient (Wildman–Crippen LogP) is 5.46. The molecule has 0 fully saturated rings. The van der Waals surface area contributed by atoms with Crippen molar-refractivity contribution in [3.05, 3.63) is 47.9 Å². The fourth-order valence-electron chi connectivity index (χ4n) is 3.53. The van der Waals surface area contributed by atoms with Gasteiger partial charge in [-0.1, -0.05) is 32.4 Å². The average Bonchev–Trinajstić information content (AvgIpc) is 2.54. The van der Waals surface area contributed by atoms with Crippen LogP contribution in [0.4, 0.5) is 5.82 Å². The summed E-state index contributed by atoms with van der Waals surface area (Å²) in [5, 5.41) is 5.31. The molecule has 2 aromatic heterocycles. The molecule has 0 saturated heterocycles. The molecule has 3 heteroatoms. The summed E-state index contributed by atoms with van der Waals surface area (Å²) in [7, 11) is 1.88. The molecule has 0 radical (unpaired) electrons. The molecule has 2 heterocycles. The van der Waals surface area contributed by atoms with Gasteiger partial charge in [0.1, 0.15) is 5.82 Å². The second-order valence-corrected chi connectivity index (χ2v) is 6.79. The van der Waals surface area contributed by atoms with Gasteiger partial charge in [-0.15, -0.1) is 0 Å². The molecule has 122 valence electrons. The average molecular weight is 309 g/mol. The number of rotatable bonds is 4. The van der Waals surface area contributed by atoms with Crippen LogP contribution in [0.5, 0.6) is 0 Å². The van der Waals surface area contributed by atoms with Crippen molar-refractivity contribution in [2.45, 2.75) is 40.0 Å². The standard InChI is InChI=1S/C20H25N3.H2/c1-5-7-20(3)8-6-17(14(2)11-20)18-9-15-13-23-19(21-4)10-16(15)12-22-18;/h6,9-13H,5,7-8H2,1-4H3,(H,21,23);1H. The zero-order chi connectivity index (χ0) is 16.4. The number of allylic oxidation sites excluding steroid dienone is 4. The molecule has 0 aliphatic heterocycles. The van der Waals surface area contributed by atoms with Crippen LogP contribution in [0.2, 0.25) is 0 Å². The van der Waals surface area contributed by atoms with Gasteiger partial charge >= 0.3 is 0 Å². The zero-order valence-corrected chi connectivity index (χ0v) is 14.5. The molecule has 23 heavy (non-hydrogen) atoms. The Balaban J connectivity index is 0.00000208. The molecule has 0 spiro atoms. The maximum Gasteiger partial charge on any atom is 0.126 e. The van der Waals surface area contributed by atoms with E-state index in [0.29, 0.717) is 5.41 Å². The van der Waals surface area contributed by atoms with Crippen molar-refractivity contribution in [3.8, 4) is 0 Å². The van der Waals surface area contributed by atoms with E-state index in [2.05, 4.69) is 54.3 Å². The highest BCUT2D eigenvalue weighted by Crippen LogP contribution is 2.39. The highest BCUT2D eigenvalue weighted by molar-refractivity contribution is 5.88. The van der Waals surface area contributed by atoms with Crippen LogP contribution >= 0.6 is 0 Å². The molecule has 1 N–H and O–H groups in total. The van der Waals surface area contributed by atoms with Crippen molar-refractivity contribution in [2.24, 2.45) is 5.41 Å². The van der Waals surface area contributed by atoms with E-state index in [9.17, 15) is 0 Å². The van der Waals surface area contributed by atoms with Gasteiger partial charge in [-0.05, 0) is 48.5 Å². The highest BCUT2D eigenvalue weighted by atomic mass is 14.9. The second kappa shape index (κ2) is 6.15. The molecule has 1 aliphatic carbocycles. The number of pyridine rings is 2. The van der Waals surface area contributed by atoms with Gasteiger partial charge < -0.3 is 5.32 Å². The van der Waals surface area contributed by atoms with Gasteiger partial charge in [-0.25, -0.2) is 4.98 Å². The van der Waals surface area contributed by atoms with E-state index in [1.54, 1.807) is 0 Å². The van der Waals surface area contributed by atoms with Crippen molar-refractivity contribution >= 4 is 22.2 Å². The van der Waals surface area contributed by atoms with Crippen LogP contribution in [0.1, 0.15) is 47.2 Å². The van der Waals surface area contributed by atoms with Crippen LogP contribution in [0.15, 0.2) is 42.3 Å². The Kier molecular flexibility index (Phi) is 4.20. The molecule has 1 aliphatic rings. The fraction of sp³-hybridized carbons (Fsp3) is 0.400. The van der Waals surface area contributed by atoms with Crippen LogP contribution in [-0.4, -0.2) is 17.0 Å². The monoisotopic (exact) mass is 309 g/mol. The molecule has 3 nitrogen and oxygen atoms in total. The summed E-state index contributed by atoms with van der Waals surface area (Å²) in [6.07, 6.45) is 12.2. The Bertz CT molecular complexity index is 795. The van der Waals surface area contributed by atoms with Crippen LogP contribution in [-0.2, 0) is 0 Å². The van der Waals surface area contributed by atoms with E-state index < -0.39 is 0 Å². The SMILES string of the molecule is CCCC1(C)C=C(C)C(c2cc3cnc(NC)cc3cn2)=CC1.[HH]. The Hall–Kier alpha value is -2.16. The Labute approximate surface area is 140 Å². The minimum absolute atomic E-state index is 0. The summed E-state index contributed by atoms with van der Waals surface area (Å²) in [6.45, 7) is 6.81. The Morgan fingerprint density at radius 3 is 2.65 bits per heavy atom. The second-order valence-electron chi connectivity index (χ2n) is 6.79. The fourth-order valence-corrected chi connectivity index (χ4v) is 3.53. The van der Waals surface area contributed by atoms with Gasteiger partial charge in [-0.3, -0.25) is 4.98 Å². The van der Waals surface area contributed by atoms with E-state index >= 15 is 0 Å². The van der Waals surface area contributed by atoms with E-state index in [-0.39, 0.29) is 1.43 Å². The number of anilines is 1. The molecule has 0 aromatic carbocycles. The number of hydrogen-bond donors (Lipinski definition) is 1. The molecule has 2 aromatic rings. The normalized spacial score (nSPS) is 21.0. The topological polar surface area (TPSA) is 37.8 Å². The van der Waals surface area contributed by atoms with Crippen LogP contribution in [0.3, 0.4) is 0 Å². The van der Waals surface area contributed by atoms with Crippen LogP contribution < -0.4 is 5.32 Å². The lowest BCUT2D eigenvalue weighted by Crippen LogP contribution is -2.16. The maximum atomic E-state index is 4.69. The zero-order valence-electron chi connectivity index (χ0n) is 14.5. The summed E-state index contributed by atoms with van der Waals surface area (Å²) in [4.78, 5) is 9.09. The summed E-state index contributed by atoms with van der Waals surface area (Å²) in [5.74, 6) is 0.871. The maximum absolute atomic E-state index is 4.69. The van der Waals surface area contributed by atoms with Crippen molar-refractivity contribution in [2.75, 3.05) is 12.4 Å². The van der Waals surface area contributed by atoms with Gasteiger partial charge in [-0.2, -0.15) is 0 Å². The third-order valence-electron chi connectivity index (χ3n) is 4.72. The number of hydrogen-bond acceptors (Lipinski definition) is 3. The predicted molar refractivity (Wildman–Crippen MR) is 101 cm³/mol. The largest absolute Gasteiger partial charge is 0.373 e.